The predicted octanol–water partition coefficient (Wildman–Crippen LogP) is 5.22. The summed E-state index contributed by atoms with van der Waals surface area (Å²) in [7, 11) is 0. The van der Waals surface area contributed by atoms with Gasteiger partial charge in [0.1, 0.15) is 10.9 Å². The maximum Gasteiger partial charge on any atom is 0.355 e. The third-order valence-electron chi connectivity index (χ3n) is 4.69. The fraction of sp³-hybridized carbons (Fsp3) is 0.0417. The SMILES string of the molecule is O=C(O)c1ccccc1-c1ccc(Cc2nc(Sc3ccccc3)c(C(=O)O)[nH]2)cc1. The van der Waals surface area contributed by atoms with Gasteiger partial charge in [0.05, 0.1) is 5.56 Å². The van der Waals surface area contributed by atoms with Crippen molar-refractivity contribution in [1.29, 1.82) is 0 Å². The van der Waals surface area contributed by atoms with E-state index in [0.29, 0.717) is 22.8 Å². The summed E-state index contributed by atoms with van der Waals surface area (Å²) >= 11 is 1.30. The highest BCUT2D eigenvalue weighted by Gasteiger charge is 2.18. The molecule has 0 saturated heterocycles. The molecule has 0 aliphatic rings. The molecule has 6 nitrogen and oxygen atoms in total. The average molecular weight is 430 g/mol. The van der Waals surface area contributed by atoms with Gasteiger partial charge in [-0.2, -0.15) is 0 Å². The van der Waals surface area contributed by atoms with Gasteiger partial charge in [-0.1, -0.05) is 72.4 Å². The number of rotatable bonds is 7. The molecule has 4 rings (SSSR count). The number of aromatic amines is 1. The molecule has 0 unspecified atom stereocenters. The van der Waals surface area contributed by atoms with E-state index in [0.717, 1.165) is 16.0 Å². The van der Waals surface area contributed by atoms with Crippen LogP contribution in [-0.2, 0) is 6.42 Å². The second-order valence-electron chi connectivity index (χ2n) is 6.81. The van der Waals surface area contributed by atoms with E-state index >= 15 is 0 Å². The molecule has 7 heteroatoms. The first-order chi connectivity index (χ1) is 15.0. The molecule has 3 N–H and O–H groups in total. The number of nitrogens with one attached hydrogen (secondary N) is 1. The summed E-state index contributed by atoms with van der Waals surface area (Å²) < 4.78 is 0. The van der Waals surface area contributed by atoms with E-state index in [1.54, 1.807) is 24.3 Å². The number of aromatic carboxylic acids is 2. The molecule has 3 aromatic carbocycles. The highest BCUT2D eigenvalue weighted by molar-refractivity contribution is 7.99. The molecule has 154 valence electrons. The van der Waals surface area contributed by atoms with Gasteiger partial charge in [-0.3, -0.25) is 0 Å². The van der Waals surface area contributed by atoms with Crippen LogP contribution >= 0.6 is 11.8 Å². The number of carbonyl (C=O) groups is 2. The van der Waals surface area contributed by atoms with Crippen molar-refractivity contribution in [2.24, 2.45) is 0 Å². The lowest BCUT2D eigenvalue weighted by Gasteiger charge is -2.07. The molecular weight excluding hydrogens is 412 g/mol. The van der Waals surface area contributed by atoms with Crippen molar-refractivity contribution in [3.05, 3.63) is 102 Å². The zero-order valence-electron chi connectivity index (χ0n) is 16.3. The molecular formula is C24H18N2O4S. The van der Waals surface area contributed by atoms with Gasteiger partial charge in [0, 0.05) is 11.3 Å². The minimum Gasteiger partial charge on any atom is -0.478 e. The number of benzene rings is 3. The van der Waals surface area contributed by atoms with Crippen LogP contribution < -0.4 is 0 Å². The molecule has 0 radical (unpaired) electrons. The maximum absolute atomic E-state index is 11.6. The molecule has 31 heavy (non-hydrogen) atoms. The molecule has 0 bridgehead atoms. The van der Waals surface area contributed by atoms with Gasteiger partial charge >= 0.3 is 11.9 Å². The van der Waals surface area contributed by atoms with E-state index < -0.39 is 11.9 Å². The molecule has 0 atom stereocenters. The number of nitrogens with zero attached hydrogens (tertiary/aromatic N) is 1. The van der Waals surface area contributed by atoms with Crippen LogP contribution in [0, 0.1) is 0 Å². The summed E-state index contributed by atoms with van der Waals surface area (Å²) in [5, 5.41) is 19.3. The quantitative estimate of drug-likeness (QED) is 0.372. The summed E-state index contributed by atoms with van der Waals surface area (Å²) in [5.74, 6) is -1.48. The highest BCUT2D eigenvalue weighted by Crippen LogP contribution is 2.30. The number of hydrogen-bond donors (Lipinski definition) is 3. The minimum atomic E-state index is -1.06. The van der Waals surface area contributed by atoms with Gasteiger partial charge in [0.25, 0.3) is 0 Å². The van der Waals surface area contributed by atoms with Gasteiger partial charge in [0.15, 0.2) is 5.69 Å². The molecule has 1 aromatic heterocycles. The first-order valence-corrected chi connectivity index (χ1v) is 10.3. The van der Waals surface area contributed by atoms with Crippen molar-refractivity contribution in [1.82, 2.24) is 9.97 Å². The Morgan fingerprint density at radius 3 is 2.19 bits per heavy atom. The van der Waals surface area contributed by atoms with Gasteiger partial charge in [-0.15, -0.1) is 0 Å². The Morgan fingerprint density at radius 2 is 1.52 bits per heavy atom. The number of H-pyrrole nitrogens is 1. The van der Waals surface area contributed by atoms with Crippen LogP contribution in [0.4, 0.5) is 0 Å². The van der Waals surface area contributed by atoms with Crippen molar-refractivity contribution in [3.63, 3.8) is 0 Å². The van der Waals surface area contributed by atoms with Crippen LogP contribution in [0.2, 0.25) is 0 Å². The average Bonchev–Trinajstić information content (AvgIpc) is 3.17. The van der Waals surface area contributed by atoms with Gasteiger partial charge < -0.3 is 15.2 Å². The Hall–Kier alpha value is -3.84. The molecule has 0 saturated carbocycles. The fourth-order valence-electron chi connectivity index (χ4n) is 3.22. The monoisotopic (exact) mass is 430 g/mol. The molecule has 4 aromatic rings. The standard InChI is InChI=1S/C24H18N2O4S/c27-23(28)19-9-5-4-8-18(19)16-12-10-15(11-13-16)14-20-25-21(24(29)30)22(26-20)31-17-6-2-1-3-7-17/h1-13H,14H2,(H,25,26)(H,27,28)(H,29,30). The zero-order chi connectivity index (χ0) is 21.8. The molecule has 0 aliphatic heterocycles. The second kappa shape index (κ2) is 8.89. The second-order valence-corrected chi connectivity index (χ2v) is 7.87. The Kier molecular flexibility index (Phi) is 5.86. The van der Waals surface area contributed by atoms with Crippen LogP contribution in [0.3, 0.4) is 0 Å². The lowest BCUT2D eigenvalue weighted by atomic mass is 9.98. The minimum absolute atomic E-state index is 0.0656. The maximum atomic E-state index is 11.6. The zero-order valence-corrected chi connectivity index (χ0v) is 17.1. The van der Waals surface area contributed by atoms with Crippen LogP contribution in [-0.4, -0.2) is 32.1 Å². The van der Waals surface area contributed by atoms with Gasteiger partial charge in [0.2, 0.25) is 0 Å². The lowest BCUT2D eigenvalue weighted by Crippen LogP contribution is -1.99. The van der Waals surface area contributed by atoms with E-state index in [-0.39, 0.29) is 11.3 Å². The van der Waals surface area contributed by atoms with E-state index in [4.69, 9.17) is 0 Å². The summed E-state index contributed by atoms with van der Waals surface area (Å²) in [6.45, 7) is 0. The molecule has 0 spiro atoms. The normalized spacial score (nSPS) is 10.7. The van der Waals surface area contributed by atoms with Crippen molar-refractivity contribution in [2.75, 3.05) is 0 Å². The van der Waals surface area contributed by atoms with Crippen LogP contribution in [0.15, 0.2) is 88.8 Å². The van der Waals surface area contributed by atoms with Crippen molar-refractivity contribution < 1.29 is 19.8 Å². The van der Waals surface area contributed by atoms with E-state index in [2.05, 4.69) is 9.97 Å². The number of carboxylic acid groups (broad SMARTS) is 2. The molecule has 1 heterocycles. The Balaban J connectivity index is 1.57. The number of imidazole rings is 1. The summed E-state index contributed by atoms with van der Waals surface area (Å²) in [6, 6.07) is 23.8. The largest absolute Gasteiger partial charge is 0.478 e. The predicted molar refractivity (Wildman–Crippen MR) is 118 cm³/mol. The van der Waals surface area contributed by atoms with Crippen LogP contribution in [0.1, 0.15) is 32.2 Å². The van der Waals surface area contributed by atoms with E-state index in [1.165, 1.54) is 11.8 Å². The summed E-state index contributed by atoms with van der Waals surface area (Å²) in [6.07, 6.45) is 0.427. The Morgan fingerprint density at radius 1 is 0.839 bits per heavy atom. The smallest absolute Gasteiger partial charge is 0.355 e. The van der Waals surface area contributed by atoms with Crippen LogP contribution in [0.5, 0.6) is 0 Å². The Labute approximate surface area is 182 Å². The van der Waals surface area contributed by atoms with Crippen molar-refractivity contribution in [2.45, 2.75) is 16.3 Å². The summed E-state index contributed by atoms with van der Waals surface area (Å²) in [4.78, 5) is 31.4. The van der Waals surface area contributed by atoms with Crippen molar-refractivity contribution >= 4 is 23.7 Å². The highest BCUT2D eigenvalue weighted by atomic mass is 32.2. The van der Waals surface area contributed by atoms with E-state index in [1.807, 2.05) is 54.6 Å². The fourth-order valence-corrected chi connectivity index (χ4v) is 4.14. The first kappa shape index (κ1) is 20.4. The van der Waals surface area contributed by atoms with Crippen molar-refractivity contribution in [3.8, 4) is 11.1 Å². The number of aromatic nitrogens is 2. The van der Waals surface area contributed by atoms with E-state index in [9.17, 15) is 19.8 Å². The first-order valence-electron chi connectivity index (χ1n) is 9.48. The molecule has 0 aliphatic carbocycles. The Bertz CT molecular complexity index is 1230. The van der Waals surface area contributed by atoms with Crippen LogP contribution in [0.25, 0.3) is 11.1 Å². The van der Waals surface area contributed by atoms with Gasteiger partial charge in [-0.25, -0.2) is 14.6 Å². The topological polar surface area (TPSA) is 103 Å². The van der Waals surface area contributed by atoms with Gasteiger partial charge in [-0.05, 0) is 34.9 Å². The molecule has 0 fully saturated rings. The molecule has 0 amide bonds. The third-order valence-corrected chi connectivity index (χ3v) is 5.68. The number of hydrogen-bond acceptors (Lipinski definition) is 4. The number of carboxylic acids is 2. The summed E-state index contributed by atoms with van der Waals surface area (Å²) in [5.41, 5.74) is 2.69. The third kappa shape index (κ3) is 4.67. The lowest BCUT2D eigenvalue weighted by molar-refractivity contribution is 0.0680.